The second-order valence-electron chi connectivity index (χ2n) is 7.86. The Bertz CT molecular complexity index is 1620. The van der Waals surface area contributed by atoms with E-state index in [9.17, 15) is 35.6 Å². The maximum atomic E-state index is 14.8. The number of hydrogen-bond donors (Lipinski definition) is 1. The molecule has 0 saturated carbocycles. The number of nitrogens with zero attached hydrogens (tertiary/aromatic N) is 4. The van der Waals surface area contributed by atoms with Gasteiger partial charge in [-0.3, -0.25) is 9.55 Å². The second-order valence-corrected chi connectivity index (χ2v) is 9.58. The van der Waals surface area contributed by atoms with Crippen molar-refractivity contribution in [1.29, 1.82) is 5.26 Å². The lowest BCUT2D eigenvalue weighted by molar-refractivity contribution is -0.147. The van der Waals surface area contributed by atoms with E-state index in [0.29, 0.717) is 6.92 Å². The van der Waals surface area contributed by atoms with Gasteiger partial charge in [-0.1, -0.05) is 0 Å². The molecular formula is C23H16F5N5O2S. The average molecular weight is 521 g/mol. The van der Waals surface area contributed by atoms with Gasteiger partial charge in [0, 0.05) is 17.8 Å². The van der Waals surface area contributed by atoms with Crippen LogP contribution in [0.15, 0.2) is 53.7 Å². The zero-order valence-electron chi connectivity index (χ0n) is 18.6. The van der Waals surface area contributed by atoms with Gasteiger partial charge >= 0.3 is 6.18 Å². The number of nitrogens with one attached hydrogen (secondary N) is 1. The molecule has 1 aromatic carbocycles. The Morgan fingerprint density at radius 2 is 1.83 bits per heavy atom. The Morgan fingerprint density at radius 1 is 1.11 bits per heavy atom. The molecule has 13 heteroatoms. The highest BCUT2D eigenvalue weighted by molar-refractivity contribution is 7.89. The van der Waals surface area contributed by atoms with Crippen LogP contribution >= 0.6 is 0 Å². The van der Waals surface area contributed by atoms with Crippen LogP contribution in [-0.4, -0.2) is 35.2 Å². The molecule has 0 amide bonds. The SMILES string of the molecule is Cc1cc2c(cc1F)c(C#N)c(-c1ccc(S(=O)(=O)N[C@@H](C)C(F)(F)F)cn1)n2-c1ncccc1F. The predicted octanol–water partition coefficient (Wildman–Crippen LogP) is 4.77. The number of rotatable bonds is 5. The first-order valence-corrected chi connectivity index (χ1v) is 11.7. The fourth-order valence-electron chi connectivity index (χ4n) is 3.58. The van der Waals surface area contributed by atoms with Gasteiger partial charge < -0.3 is 0 Å². The van der Waals surface area contributed by atoms with E-state index in [1.54, 1.807) is 0 Å². The van der Waals surface area contributed by atoms with E-state index in [-0.39, 0.29) is 39.2 Å². The number of benzene rings is 1. The van der Waals surface area contributed by atoms with Crippen LogP contribution in [0, 0.1) is 29.9 Å². The molecule has 0 aliphatic rings. The molecule has 3 heterocycles. The van der Waals surface area contributed by atoms with Crippen LogP contribution in [-0.2, 0) is 10.0 Å². The normalized spacial score (nSPS) is 13.1. The molecule has 0 fully saturated rings. The van der Waals surface area contributed by atoms with Gasteiger partial charge in [0.2, 0.25) is 10.0 Å². The van der Waals surface area contributed by atoms with E-state index in [4.69, 9.17) is 0 Å². The predicted molar refractivity (Wildman–Crippen MR) is 120 cm³/mol. The smallest absolute Gasteiger partial charge is 0.288 e. The molecule has 3 aromatic heterocycles. The molecule has 36 heavy (non-hydrogen) atoms. The molecule has 0 bridgehead atoms. The van der Waals surface area contributed by atoms with Gasteiger partial charge in [0.25, 0.3) is 0 Å². The average Bonchev–Trinajstić information content (AvgIpc) is 3.11. The van der Waals surface area contributed by atoms with Crippen molar-refractivity contribution in [3.05, 3.63) is 71.6 Å². The van der Waals surface area contributed by atoms with Crippen molar-refractivity contribution in [2.75, 3.05) is 0 Å². The Morgan fingerprint density at radius 3 is 2.42 bits per heavy atom. The second kappa shape index (κ2) is 8.96. The molecule has 0 aliphatic carbocycles. The summed E-state index contributed by atoms with van der Waals surface area (Å²) in [5, 5.41) is 10.0. The molecule has 0 radical (unpaired) electrons. The van der Waals surface area contributed by atoms with E-state index in [1.165, 1.54) is 34.5 Å². The topological polar surface area (TPSA) is 101 Å². The summed E-state index contributed by atoms with van der Waals surface area (Å²) in [6, 6.07) is 6.77. The summed E-state index contributed by atoms with van der Waals surface area (Å²) in [6.07, 6.45) is -2.68. The van der Waals surface area contributed by atoms with E-state index < -0.39 is 38.8 Å². The Kier molecular flexibility index (Phi) is 6.27. The standard InChI is InChI=1S/C23H16F5N5O2S/c1-12-8-20-15(9-18(12)25)16(10-29)21(33(20)22-17(24)4-3-7-30-22)19-6-5-14(11-31-19)36(34,35)32-13(2)23(26,27)28/h3-9,11,13,32H,1-2H3/t13-/m0/s1. The quantitative estimate of drug-likeness (QED) is 0.381. The molecule has 4 rings (SSSR count). The van der Waals surface area contributed by atoms with Crippen LogP contribution in [0.5, 0.6) is 0 Å². The zero-order chi connectivity index (χ0) is 26.4. The number of alkyl halides is 3. The van der Waals surface area contributed by atoms with Gasteiger partial charge in [0.05, 0.1) is 22.5 Å². The monoisotopic (exact) mass is 521 g/mol. The minimum atomic E-state index is -4.80. The molecule has 1 atom stereocenters. The van der Waals surface area contributed by atoms with Gasteiger partial charge in [0.15, 0.2) is 11.6 Å². The number of aromatic nitrogens is 3. The van der Waals surface area contributed by atoms with Crippen molar-refractivity contribution >= 4 is 20.9 Å². The van der Waals surface area contributed by atoms with Gasteiger partial charge in [-0.25, -0.2) is 22.2 Å². The maximum absolute atomic E-state index is 14.8. The van der Waals surface area contributed by atoms with Crippen molar-refractivity contribution in [1.82, 2.24) is 19.3 Å². The van der Waals surface area contributed by atoms with Gasteiger partial charge in [-0.2, -0.15) is 23.2 Å². The first-order valence-electron chi connectivity index (χ1n) is 10.3. The molecule has 4 aromatic rings. The summed E-state index contributed by atoms with van der Waals surface area (Å²) in [5.74, 6) is -1.58. The molecule has 0 aliphatic heterocycles. The fraction of sp³-hybridized carbons (Fsp3) is 0.174. The maximum Gasteiger partial charge on any atom is 0.404 e. The highest BCUT2D eigenvalue weighted by atomic mass is 32.2. The van der Waals surface area contributed by atoms with Crippen molar-refractivity contribution in [3.63, 3.8) is 0 Å². The van der Waals surface area contributed by atoms with E-state index in [1.807, 2.05) is 6.07 Å². The summed E-state index contributed by atoms with van der Waals surface area (Å²) < 4.78 is 95.2. The first kappa shape index (κ1) is 25.2. The van der Waals surface area contributed by atoms with Crippen LogP contribution in [0.4, 0.5) is 22.0 Å². The van der Waals surface area contributed by atoms with Crippen molar-refractivity contribution < 1.29 is 30.4 Å². The Balaban J connectivity index is 1.93. The third kappa shape index (κ3) is 4.40. The number of halogens is 5. The van der Waals surface area contributed by atoms with Gasteiger partial charge in [-0.05, 0) is 55.8 Å². The summed E-state index contributed by atoms with van der Waals surface area (Å²) >= 11 is 0. The van der Waals surface area contributed by atoms with E-state index in [0.717, 1.165) is 30.5 Å². The highest BCUT2D eigenvalue weighted by Crippen LogP contribution is 2.36. The lowest BCUT2D eigenvalue weighted by atomic mass is 10.1. The fourth-order valence-corrected chi connectivity index (χ4v) is 4.75. The van der Waals surface area contributed by atoms with Gasteiger partial charge in [-0.15, -0.1) is 0 Å². The minimum Gasteiger partial charge on any atom is -0.288 e. The highest BCUT2D eigenvalue weighted by Gasteiger charge is 2.39. The number of aryl methyl sites for hydroxylation is 1. The lowest BCUT2D eigenvalue weighted by Gasteiger charge is -2.17. The Labute approximate surface area is 201 Å². The molecular weight excluding hydrogens is 505 g/mol. The number of hydrogen-bond acceptors (Lipinski definition) is 5. The molecule has 0 unspecified atom stereocenters. The van der Waals surface area contributed by atoms with E-state index >= 15 is 0 Å². The number of fused-ring (bicyclic) bond motifs is 1. The van der Waals surface area contributed by atoms with Crippen molar-refractivity contribution in [3.8, 4) is 23.3 Å². The Hall–Kier alpha value is -3.89. The molecule has 0 spiro atoms. The third-order valence-corrected chi connectivity index (χ3v) is 6.95. The van der Waals surface area contributed by atoms with Crippen LogP contribution in [0.25, 0.3) is 28.1 Å². The number of pyridine rings is 2. The van der Waals surface area contributed by atoms with Crippen LogP contribution in [0.2, 0.25) is 0 Å². The molecule has 1 N–H and O–H groups in total. The minimum absolute atomic E-state index is 0.00401. The van der Waals surface area contributed by atoms with Gasteiger partial charge in [0.1, 0.15) is 22.8 Å². The number of sulfonamides is 1. The number of nitriles is 1. The first-order chi connectivity index (χ1) is 16.8. The van der Waals surface area contributed by atoms with E-state index in [2.05, 4.69) is 9.97 Å². The van der Waals surface area contributed by atoms with Crippen LogP contribution < -0.4 is 4.72 Å². The summed E-state index contributed by atoms with van der Waals surface area (Å²) in [5.41, 5.74) is 0.357. The summed E-state index contributed by atoms with van der Waals surface area (Å²) in [4.78, 5) is 7.51. The third-order valence-electron chi connectivity index (χ3n) is 5.42. The molecule has 7 nitrogen and oxygen atoms in total. The van der Waals surface area contributed by atoms with Crippen LogP contribution in [0.3, 0.4) is 0 Å². The van der Waals surface area contributed by atoms with Crippen molar-refractivity contribution in [2.24, 2.45) is 0 Å². The zero-order valence-corrected chi connectivity index (χ0v) is 19.4. The summed E-state index contributed by atoms with van der Waals surface area (Å²) in [7, 11) is -4.59. The molecule has 186 valence electrons. The van der Waals surface area contributed by atoms with Crippen LogP contribution in [0.1, 0.15) is 18.1 Å². The molecule has 0 saturated heterocycles. The lowest BCUT2D eigenvalue weighted by Crippen LogP contribution is -2.42. The largest absolute Gasteiger partial charge is 0.404 e. The summed E-state index contributed by atoms with van der Waals surface area (Å²) in [6.45, 7) is 2.14. The van der Waals surface area contributed by atoms with Crippen molar-refractivity contribution in [2.45, 2.75) is 31.0 Å².